The largest absolute Gasteiger partial charge is 0.300 e. The Bertz CT molecular complexity index is 240. The van der Waals surface area contributed by atoms with E-state index in [4.69, 9.17) is 23.2 Å². The van der Waals surface area contributed by atoms with Crippen molar-refractivity contribution in [2.24, 2.45) is 0 Å². The average Bonchev–Trinajstić information content (AvgIpc) is 2.52. The van der Waals surface area contributed by atoms with Crippen LogP contribution in [-0.2, 0) is 4.79 Å². The Labute approximate surface area is 94.9 Å². The first kappa shape index (κ1) is 12.0. The van der Waals surface area contributed by atoms with E-state index in [0.717, 1.165) is 19.4 Å². The number of halogens is 2. The van der Waals surface area contributed by atoms with Crippen molar-refractivity contribution in [2.45, 2.75) is 32.2 Å². The molecule has 1 aliphatic heterocycles. The Kier molecular flexibility index (Phi) is 4.93. The number of carbonyl (C=O) groups excluding carboxylic acids is 1. The molecule has 0 bridgehead atoms. The van der Waals surface area contributed by atoms with Gasteiger partial charge in [0.25, 0.3) is 0 Å². The van der Waals surface area contributed by atoms with Gasteiger partial charge >= 0.3 is 0 Å². The van der Waals surface area contributed by atoms with Gasteiger partial charge in [-0.05, 0) is 26.3 Å². The molecule has 80 valence electrons. The van der Waals surface area contributed by atoms with Gasteiger partial charge in [-0.2, -0.15) is 0 Å². The third-order valence-electron chi connectivity index (χ3n) is 2.49. The molecule has 1 unspecified atom stereocenters. The number of hydrogen-bond acceptors (Lipinski definition) is 2. The SMILES string of the molecule is CC(=O)CC1CCCN1CC(Cl)=CCl. The molecule has 0 amide bonds. The zero-order chi connectivity index (χ0) is 10.6. The molecule has 1 fully saturated rings. The summed E-state index contributed by atoms with van der Waals surface area (Å²) in [6.45, 7) is 3.32. The molecule has 4 heteroatoms. The highest BCUT2D eigenvalue weighted by Crippen LogP contribution is 2.22. The highest BCUT2D eigenvalue weighted by molar-refractivity contribution is 6.36. The molecule has 1 saturated heterocycles. The Hall–Kier alpha value is -0.0500. The van der Waals surface area contributed by atoms with E-state index >= 15 is 0 Å². The van der Waals surface area contributed by atoms with Crippen molar-refractivity contribution in [1.29, 1.82) is 0 Å². The van der Waals surface area contributed by atoms with Crippen LogP contribution >= 0.6 is 23.2 Å². The lowest BCUT2D eigenvalue weighted by Gasteiger charge is -2.22. The number of carbonyl (C=O) groups is 1. The minimum atomic E-state index is 0.243. The van der Waals surface area contributed by atoms with Gasteiger partial charge in [0.2, 0.25) is 0 Å². The zero-order valence-corrected chi connectivity index (χ0v) is 9.81. The first-order chi connectivity index (χ1) is 6.63. The van der Waals surface area contributed by atoms with Gasteiger partial charge in [0, 0.05) is 29.6 Å². The lowest BCUT2D eigenvalue weighted by Crippen LogP contribution is -2.31. The van der Waals surface area contributed by atoms with Gasteiger partial charge in [0.05, 0.1) is 0 Å². The topological polar surface area (TPSA) is 20.3 Å². The molecule has 1 atom stereocenters. The third-order valence-corrected chi connectivity index (χ3v) is 3.10. The lowest BCUT2D eigenvalue weighted by molar-refractivity contribution is -0.117. The van der Waals surface area contributed by atoms with Gasteiger partial charge in [0.1, 0.15) is 5.78 Å². The maximum absolute atomic E-state index is 11.0. The molecular weight excluding hydrogens is 221 g/mol. The third kappa shape index (κ3) is 3.60. The smallest absolute Gasteiger partial charge is 0.131 e. The lowest BCUT2D eigenvalue weighted by atomic mass is 10.1. The van der Waals surface area contributed by atoms with E-state index in [1.807, 2.05) is 0 Å². The van der Waals surface area contributed by atoms with Gasteiger partial charge < -0.3 is 0 Å². The second kappa shape index (κ2) is 5.74. The fourth-order valence-electron chi connectivity index (χ4n) is 1.89. The van der Waals surface area contributed by atoms with Gasteiger partial charge in [-0.3, -0.25) is 9.69 Å². The molecule has 0 aromatic rings. The van der Waals surface area contributed by atoms with Crippen LogP contribution in [0.15, 0.2) is 10.6 Å². The molecule has 0 N–H and O–H groups in total. The van der Waals surface area contributed by atoms with E-state index in [0.29, 0.717) is 24.0 Å². The first-order valence-electron chi connectivity index (χ1n) is 4.81. The van der Waals surface area contributed by atoms with E-state index in [-0.39, 0.29) is 5.78 Å². The standard InChI is InChI=1S/C10H15Cl2NO/c1-8(14)5-10-3-2-4-13(10)7-9(12)6-11/h6,10H,2-5,7H2,1H3. The predicted octanol–water partition coefficient (Wildman–Crippen LogP) is 2.75. The normalized spacial score (nSPS) is 24.2. The summed E-state index contributed by atoms with van der Waals surface area (Å²) < 4.78 is 0. The van der Waals surface area contributed by atoms with Crippen molar-refractivity contribution < 1.29 is 4.79 Å². The highest BCUT2D eigenvalue weighted by atomic mass is 35.5. The predicted molar refractivity (Wildman–Crippen MR) is 59.7 cm³/mol. The molecule has 0 radical (unpaired) electrons. The van der Waals surface area contributed by atoms with Crippen molar-refractivity contribution in [3.05, 3.63) is 10.6 Å². The Morgan fingerprint density at radius 3 is 2.93 bits per heavy atom. The minimum Gasteiger partial charge on any atom is -0.300 e. The van der Waals surface area contributed by atoms with Crippen LogP contribution in [0.25, 0.3) is 0 Å². The van der Waals surface area contributed by atoms with Crippen LogP contribution in [0.3, 0.4) is 0 Å². The summed E-state index contributed by atoms with van der Waals surface area (Å²) in [4.78, 5) is 13.2. The first-order valence-corrected chi connectivity index (χ1v) is 5.63. The molecule has 0 aromatic carbocycles. The van der Waals surface area contributed by atoms with Crippen molar-refractivity contribution >= 4 is 29.0 Å². The molecule has 2 nitrogen and oxygen atoms in total. The van der Waals surface area contributed by atoms with E-state index in [1.165, 1.54) is 5.54 Å². The van der Waals surface area contributed by atoms with Gasteiger partial charge in [-0.25, -0.2) is 0 Å². The zero-order valence-electron chi connectivity index (χ0n) is 8.30. The molecule has 0 aliphatic carbocycles. The minimum absolute atomic E-state index is 0.243. The quantitative estimate of drug-likeness (QED) is 0.748. The summed E-state index contributed by atoms with van der Waals surface area (Å²) in [6, 6.07) is 0.359. The van der Waals surface area contributed by atoms with E-state index in [9.17, 15) is 4.79 Å². The summed E-state index contributed by atoms with van der Waals surface area (Å²) in [5.41, 5.74) is 1.39. The summed E-state index contributed by atoms with van der Waals surface area (Å²) in [7, 11) is 0. The summed E-state index contributed by atoms with van der Waals surface area (Å²) >= 11 is 11.3. The molecular formula is C10H15Cl2NO. The van der Waals surface area contributed by atoms with E-state index in [1.54, 1.807) is 6.92 Å². The second-order valence-corrected chi connectivity index (χ2v) is 4.43. The van der Waals surface area contributed by atoms with Crippen molar-refractivity contribution in [3.63, 3.8) is 0 Å². The number of ketones is 1. The maximum atomic E-state index is 11.0. The monoisotopic (exact) mass is 235 g/mol. The fraction of sp³-hybridized carbons (Fsp3) is 0.700. The van der Waals surface area contributed by atoms with Crippen LogP contribution < -0.4 is 0 Å². The van der Waals surface area contributed by atoms with Gasteiger partial charge in [-0.1, -0.05) is 23.2 Å². The number of Topliss-reactive ketones (excluding diaryl/α,β-unsaturated/α-hetero) is 1. The average molecular weight is 236 g/mol. The van der Waals surface area contributed by atoms with Gasteiger partial charge in [-0.15, -0.1) is 0 Å². The molecule has 0 aromatic heterocycles. The number of nitrogens with zero attached hydrogens (tertiary/aromatic N) is 1. The number of rotatable bonds is 4. The molecule has 0 saturated carbocycles. The molecule has 14 heavy (non-hydrogen) atoms. The van der Waals surface area contributed by atoms with Crippen molar-refractivity contribution in [1.82, 2.24) is 4.90 Å². The van der Waals surface area contributed by atoms with Crippen LogP contribution in [-0.4, -0.2) is 29.8 Å². The Balaban J connectivity index is 2.46. The summed E-state index contributed by atoms with van der Waals surface area (Å²) in [5.74, 6) is 0.243. The van der Waals surface area contributed by atoms with E-state index < -0.39 is 0 Å². The molecule has 1 heterocycles. The molecule has 0 spiro atoms. The maximum Gasteiger partial charge on any atom is 0.131 e. The summed E-state index contributed by atoms with van der Waals surface area (Å²) in [6.07, 6.45) is 2.86. The van der Waals surface area contributed by atoms with Crippen LogP contribution in [0.4, 0.5) is 0 Å². The number of hydrogen-bond donors (Lipinski definition) is 0. The van der Waals surface area contributed by atoms with Crippen LogP contribution in [0.2, 0.25) is 0 Å². The van der Waals surface area contributed by atoms with Crippen LogP contribution in [0.1, 0.15) is 26.2 Å². The summed E-state index contributed by atoms with van der Waals surface area (Å²) in [5, 5.41) is 0.641. The fourth-order valence-corrected chi connectivity index (χ4v) is 2.12. The Morgan fingerprint density at radius 1 is 1.64 bits per heavy atom. The van der Waals surface area contributed by atoms with E-state index in [2.05, 4.69) is 4.90 Å². The second-order valence-electron chi connectivity index (χ2n) is 3.73. The molecule has 1 rings (SSSR count). The van der Waals surface area contributed by atoms with Crippen molar-refractivity contribution in [3.8, 4) is 0 Å². The van der Waals surface area contributed by atoms with Crippen molar-refractivity contribution in [2.75, 3.05) is 13.1 Å². The van der Waals surface area contributed by atoms with Crippen LogP contribution in [0.5, 0.6) is 0 Å². The highest BCUT2D eigenvalue weighted by Gasteiger charge is 2.25. The number of likely N-dealkylation sites (tertiary alicyclic amines) is 1. The molecule has 1 aliphatic rings. The van der Waals surface area contributed by atoms with Gasteiger partial charge in [0.15, 0.2) is 0 Å². The Morgan fingerprint density at radius 2 is 2.36 bits per heavy atom. The van der Waals surface area contributed by atoms with Crippen LogP contribution in [0, 0.1) is 0 Å².